The van der Waals surface area contributed by atoms with Gasteiger partial charge in [0.15, 0.2) is 0 Å². The average molecular weight is 144 g/mol. The van der Waals surface area contributed by atoms with Crippen molar-refractivity contribution in [2.24, 2.45) is 5.92 Å². The molecule has 0 bridgehead atoms. The summed E-state index contributed by atoms with van der Waals surface area (Å²) in [6.07, 6.45) is 0.834. The van der Waals surface area contributed by atoms with Gasteiger partial charge >= 0.3 is 5.97 Å². The van der Waals surface area contributed by atoms with Crippen molar-refractivity contribution in [1.82, 2.24) is 0 Å². The summed E-state index contributed by atoms with van der Waals surface area (Å²) in [7, 11) is 1.41. The fourth-order valence-electron chi connectivity index (χ4n) is 1.19. The lowest BCUT2D eigenvalue weighted by Gasteiger charge is -2.09. The molecule has 0 aromatic rings. The van der Waals surface area contributed by atoms with Crippen molar-refractivity contribution in [3.63, 3.8) is 0 Å². The van der Waals surface area contributed by atoms with E-state index in [1.54, 1.807) is 0 Å². The molecule has 0 aromatic carbocycles. The molecule has 1 rings (SSSR count). The number of carbonyl (C=O) groups excluding carboxylic acids is 1. The molecule has 3 nitrogen and oxygen atoms in total. The third-order valence-electron chi connectivity index (χ3n) is 1.88. The van der Waals surface area contributed by atoms with E-state index in [0.29, 0.717) is 6.61 Å². The quantitative estimate of drug-likeness (QED) is 0.505. The van der Waals surface area contributed by atoms with Crippen LogP contribution in [0.25, 0.3) is 0 Å². The van der Waals surface area contributed by atoms with Crippen LogP contribution in [0.4, 0.5) is 0 Å². The van der Waals surface area contributed by atoms with Gasteiger partial charge in [0.05, 0.1) is 19.1 Å². The van der Waals surface area contributed by atoms with Gasteiger partial charge in [0.1, 0.15) is 0 Å². The van der Waals surface area contributed by atoms with Crippen molar-refractivity contribution >= 4 is 5.97 Å². The minimum absolute atomic E-state index is 0.0347. The Morgan fingerprint density at radius 2 is 2.40 bits per heavy atom. The lowest BCUT2D eigenvalue weighted by Crippen LogP contribution is -2.22. The molecular weight excluding hydrogens is 132 g/mol. The molecule has 0 saturated carbocycles. The van der Waals surface area contributed by atoms with E-state index in [2.05, 4.69) is 4.74 Å². The third kappa shape index (κ3) is 1.29. The first kappa shape index (κ1) is 7.54. The zero-order valence-electron chi connectivity index (χ0n) is 6.29. The molecule has 0 spiro atoms. The summed E-state index contributed by atoms with van der Waals surface area (Å²) < 4.78 is 9.77. The van der Waals surface area contributed by atoms with Crippen LogP contribution in [0.15, 0.2) is 0 Å². The van der Waals surface area contributed by atoms with Gasteiger partial charge in [0.25, 0.3) is 0 Å². The zero-order chi connectivity index (χ0) is 7.56. The van der Waals surface area contributed by atoms with Crippen LogP contribution in [0.5, 0.6) is 0 Å². The van der Waals surface area contributed by atoms with Crippen LogP contribution < -0.4 is 0 Å². The summed E-state index contributed by atoms with van der Waals surface area (Å²) in [5.41, 5.74) is 0. The van der Waals surface area contributed by atoms with Crippen LogP contribution in [0.1, 0.15) is 13.3 Å². The molecule has 0 N–H and O–H groups in total. The van der Waals surface area contributed by atoms with E-state index in [9.17, 15) is 4.79 Å². The molecule has 1 saturated heterocycles. The van der Waals surface area contributed by atoms with Crippen LogP contribution in [0.3, 0.4) is 0 Å². The normalized spacial score (nSPS) is 32.2. The minimum atomic E-state index is -0.148. The fourth-order valence-corrected chi connectivity index (χ4v) is 1.19. The van der Waals surface area contributed by atoms with Crippen molar-refractivity contribution in [3.05, 3.63) is 0 Å². The first-order chi connectivity index (χ1) is 4.75. The van der Waals surface area contributed by atoms with Gasteiger partial charge in [0, 0.05) is 6.61 Å². The number of ether oxygens (including phenoxy) is 2. The molecule has 1 aliphatic rings. The van der Waals surface area contributed by atoms with Crippen molar-refractivity contribution in [3.8, 4) is 0 Å². The SMILES string of the molecule is COC(=O)C1CCOC1C. The molecule has 1 heterocycles. The Morgan fingerprint density at radius 1 is 1.70 bits per heavy atom. The second kappa shape index (κ2) is 3.01. The van der Waals surface area contributed by atoms with Gasteiger partial charge in [-0.15, -0.1) is 0 Å². The van der Waals surface area contributed by atoms with Gasteiger partial charge in [-0.2, -0.15) is 0 Å². The summed E-state index contributed by atoms with van der Waals surface area (Å²) in [5.74, 6) is -0.185. The number of methoxy groups -OCH3 is 1. The van der Waals surface area contributed by atoms with Crippen molar-refractivity contribution in [2.45, 2.75) is 19.4 Å². The lowest BCUT2D eigenvalue weighted by molar-refractivity contribution is -0.146. The Bertz CT molecular complexity index is 133. The second-order valence-electron chi connectivity index (χ2n) is 2.49. The molecule has 58 valence electrons. The first-order valence-corrected chi connectivity index (χ1v) is 3.45. The maximum absolute atomic E-state index is 10.9. The predicted octanol–water partition coefficient (Wildman–Crippen LogP) is 0.584. The Labute approximate surface area is 60.3 Å². The summed E-state index contributed by atoms with van der Waals surface area (Å²) in [6, 6.07) is 0. The molecule has 1 fully saturated rings. The highest BCUT2D eigenvalue weighted by atomic mass is 16.5. The number of esters is 1. The summed E-state index contributed by atoms with van der Waals surface area (Å²) in [5, 5.41) is 0. The van der Waals surface area contributed by atoms with E-state index in [-0.39, 0.29) is 18.0 Å². The lowest BCUT2D eigenvalue weighted by atomic mass is 10.0. The van der Waals surface area contributed by atoms with Gasteiger partial charge in [-0.25, -0.2) is 0 Å². The van der Waals surface area contributed by atoms with Crippen LogP contribution in [-0.4, -0.2) is 25.8 Å². The molecule has 0 radical (unpaired) electrons. The third-order valence-corrected chi connectivity index (χ3v) is 1.88. The Hall–Kier alpha value is -0.570. The molecule has 2 unspecified atom stereocenters. The number of rotatable bonds is 1. The van der Waals surface area contributed by atoms with E-state index in [1.165, 1.54) is 7.11 Å². The molecule has 3 heteroatoms. The summed E-state index contributed by atoms with van der Waals surface area (Å²) in [6.45, 7) is 2.58. The first-order valence-electron chi connectivity index (χ1n) is 3.45. The second-order valence-corrected chi connectivity index (χ2v) is 2.49. The van der Waals surface area contributed by atoms with Crippen LogP contribution in [-0.2, 0) is 14.3 Å². The van der Waals surface area contributed by atoms with Crippen molar-refractivity contribution in [2.75, 3.05) is 13.7 Å². The smallest absolute Gasteiger partial charge is 0.311 e. The molecular formula is C7H12O3. The molecule has 10 heavy (non-hydrogen) atoms. The van der Waals surface area contributed by atoms with Crippen LogP contribution >= 0.6 is 0 Å². The molecule has 0 aromatic heterocycles. The van der Waals surface area contributed by atoms with Gasteiger partial charge in [0.2, 0.25) is 0 Å². The van der Waals surface area contributed by atoms with E-state index in [4.69, 9.17) is 4.74 Å². The van der Waals surface area contributed by atoms with E-state index in [0.717, 1.165) is 6.42 Å². The highest BCUT2D eigenvalue weighted by molar-refractivity contribution is 5.73. The van der Waals surface area contributed by atoms with Gasteiger partial charge in [-0.3, -0.25) is 4.79 Å². The summed E-state index contributed by atoms with van der Waals surface area (Å²) in [4.78, 5) is 10.9. The average Bonchev–Trinajstić information content (AvgIpc) is 2.34. The van der Waals surface area contributed by atoms with E-state index >= 15 is 0 Å². The maximum atomic E-state index is 10.9. The molecule has 0 aliphatic carbocycles. The van der Waals surface area contributed by atoms with Crippen molar-refractivity contribution in [1.29, 1.82) is 0 Å². The molecule has 2 atom stereocenters. The Morgan fingerprint density at radius 3 is 2.80 bits per heavy atom. The molecule has 0 amide bonds. The maximum Gasteiger partial charge on any atom is 0.311 e. The minimum Gasteiger partial charge on any atom is -0.469 e. The van der Waals surface area contributed by atoms with Crippen LogP contribution in [0.2, 0.25) is 0 Å². The Kier molecular flexibility index (Phi) is 2.27. The monoisotopic (exact) mass is 144 g/mol. The molecule has 1 aliphatic heterocycles. The zero-order valence-corrected chi connectivity index (χ0v) is 6.29. The standard InChI is InChI=1S/C7H12O3/c1-5-6(3-4-10-5)7(8)9-2/h5-6H,3-4H2,1-2H3. The van der Waals surface area contributed by atoms with Crippen molar-refractivity contribution < 1.29 is 14.3 Å². The Balaban J connectivity index is 2.46. The largest absolute Gasteiger partial charge is 0.469 e. The van der Waals surface area contributed by atoms with Gasteiger partial charge in [-0.1, -0.05) is 0 Å². The van der Waals surface area contributed by atoms with E-state index in [1.807, 2.05) is 6.92 Å². The van der Waals surface area contributed by atoms with E-state index < -0.39 is 0 Å². The fraction of sp³-hybridized carbons (Fsp3) is 0.857. The number of carbonyl (C=O) groups is 1. The summed E-state index contributed by atoms with van der Waals surface area (Å²) >= 11 is 0. The predicted molar refractivity (Wildman–Crippen MR) is 35.5 cm³/mol. The number of hydrogen-bond donors (Lipinski definition) is 0. The topological polar surface area (TPSA) is 35.5 Å². The highest BCUT2D eigenvalue weighted by Gasteiger charge is 2.31. The van der Waals surface area contributed by atoms with Gasteiger partial charge in [-0.05, 0) is 13.3 Å². The highest BCUT2D eigenvalue weighted by Crippen LogP contribution is 2.20. The van der Waals surface area contributed by atoms with Gasteiger partial charge < -0.3 is 9.47 Å². The number of hydrogen-bond acceptors (Lipinski definition) is 3. The van der Waals surface area contributed by atoms with Crippen LogP contribution in [0, 0.1) is 5.92 Å².